The molecule has 7 rings (SSSR count). The molecule has 1 amide bonds. The summed E-state index contributed by atoms with van der Waals surface area (Å²) in [6, 6.07) is 9.62. The predicted molar refractivity (Wildman–Crippen MR) is 150 cm³/mol. The van der Waals surface area contributed by atoms with Crippen LogP contribution in [0.15, 0.2) is 43.0 Å². The van der Waals surface area contributed by atoms with Gasteiger partial charge < -0.3 is 15.4 Å². The van der Waals surface area contributed by atoms with Gasteiger partial charge in [0, 0.05) is 37.0 Å². The summed E-state index contributed by atoms with van der Waals surface area (Å²) < 4.78 is 36.2. The maximum atomic E-state index is 15.7. The SMILES string of the molecule is C=CC(=O)NCCNc1nc(OC[C@@]23CCCN2C[C@H](F)C3)nc2cc(-c3cccc4c3[C@@H]3C[C@@H]3C4)c(F)cc12. The summed E-state index contributed by atoms with van der Waals surface area (Å²) in [5.41, 5.74) is 4.29. The van der Waals surface area contributed by atoms with Crippen LogP contribution < -0.4 is 15.4 Å². The summed E-state index contributed by atoms with van der Waals surface area (Å²) in [5, 5.41) is 6.47. The van der Waals surface area contributed by atoms with E-state index in [0.29, 0.717) is 66.8 Å². The van der Waals surface area contributed by atoms with Gasteiger partial charge in [0.15, 0.2) is 0 Å². The second-order valence-electron chi connectivity index (χ2n) is 11.7. The van der Waals surface area contributed by atoms with Crippen molar-refractivity contribution in [1.82, 2.24) is 20.2 Å². The monoisotopic (exact) mass is 545 g/mol. The van der Waals surface area contributed by atoms with Crippen LogP contribution >= 0.6 is 0 Å². The Morgan fingerprint density at radius 3 is 3.02 bits per heavy atom. The number of hydrogen-bond acceptors (Lipinski definition) is 6. The van der Waals surface area contributed by atoms with Crippen molar-refractivity contribution in [2.45, 2.75) is 49.7 Å². The van der Waals surface area contributed by atoms with Crippen molar-refractivity contribution >= 4 is 22.6 Å². The van der Waals surface area contributed by atoms with E-state index < -0.39 is 6.17 Å². The average molecular weight is 546 g/mol. The molecule has 1 saturated carbocycles. The Morgan fingerprint density at radius 1 is 1.25 bits per heavy atom. The molecule has 3 aromatic rings. The fraction of sp³-hybridized carbons (Fsp3) is 0.452. The normalized spacial score (nSPS) is 26.3. The number of rotatable bonds is 9. The van der Waals surface area contributed by atoms with Crippen molar-refractivity contribution in [3.8, 4) is 17.1 Å². The number of halogens is 2. The Morgan fingerprint density at radius 2 is 2.15 bits per heavy atom. The van der Waals surface area contributed by atoms with Crippen LogP contribution in [0.25, 0.3) is 22.0 Å². The van der Waals surface area contributed by atoms with Gasteiger partial charge in [-0.2, -0.15) is 9.97 Å². The van der Waals surface area contributed by atoms with Crippen LogP contribution in [0.5, 0.6) is 6.01 Å². The summed E-state index contributed by atoms with van der Waals surface area (Å²) in [6.45, 7) is 5.78. The van der Waals surface area contributed by atoms with Crippen LogP contribution in [0.1, 0.15) is 42.7 Å². The van der Waals surface area contributed by atoms with Crippen LogP contribution in [0.4, 0.5) is 14.6 Å². The minimum absolute atomic E-state index is 0.173. The van der Waals surface area contributed by atoms with Gasteiger partial charge in [0.25, 0.3) is 0 Å². The number of anilines is 1. The summed E-state index contributed by atoms with van der Waals surface area (Å²) in [7, 11) is 0. The first-order valence-electron chi connectivity index (χ1n) is 14.2. The Labute approximate surface area is 232 Å². The van der Waals surface area contributed by atoms with E-state index in [1.807, 2.05) is 12.1 Å². The van der Waals surface area contributed by atoms with Crippen LogP contribution in [0.3, 0.4) is 0 Å². The van der Waals surface area contributed by atoms with E-state index in [1.54, 1.807) is 6.07 Å². The Balaban J connectivity index is 1.23. The minimum Gasteiger partial charge on any atom is -0.461 e. The lowest BCUT2D eigenvalue weighted by Gasteiger charge is -2.30. The molecule has 2 N–H and O–H groups in total. The maximum Gasteiger partial charge on any atom is 0.319 e. The summed E-state index contributed by atoms with van der Waals surface area (Å²) in [5.74, 6) is 1.03. The smallest absolute Gasteiger partial charge is 0.319 e. The number of nitrogens with zero attached hydrogens (tertiary/aromatic N) is 3. The summed E-state index contributed by atoms with van der Waals surface area (Å²) in [4.78, 5) is 23.0. The Kier molecular flexibility index (Phi) is 6.22. The lowest BCUT2D eigenvalue weighted by atomic mass is 9.93. The van der Waals surface area contributed by atoms with E-state index in [4.69, 9.17) is 9.72 Å². The van der Waals surface area contributed by atoms with Gasteiger partial charge >= 0.3 is 6.01 Å². The third kappa shape index (κ3) is 4.40. The number of nitrogens with one attached hydrogen (secondary N) is 2. The van der Waals surface area contributed by atoms with E-state index in [1.165, 1.54) is 29.7 Å². The van der Waals surface area contributed by atoms with Crippen molar-refractivity contribution in [2.75, 3.05) is 38.1 Å². The fourth-order valence-electron chi connectivity index (χ4n) is 7.19. The molecule has 0 spiro atoms. The quantitative estimate of drug-likeness (QED) is 0.298. The highest BCUT2D eigenvalue weighted by Crippen LogP contribution is 2.58. The van der Waals surface area contributed by atoms with Crippen molar-refractivity contribution in [2.24, 2.45) is 5.92 Å². The molecule has 208 valence electrons. The molecule has 1 aromatic heterocycles. The van der Waals surface area contributed by atoms with Gasteiger partial charge in [0.05, 0.1) is 11.1 Å². The van der Waals surface area contributed by atoms with Crippen LogP contribution in [0, 0.1) is 11.7 Å². The van der Waals surface area contributed by atoms with E-state index in [-0.39, 0.29) is 23.3 Å². The molecule has 0 unspecified atom stereocenters. The Hall–Kier alpha value is -3.59. The number of fused-ring (bicyclic) bond motifs is 5. The number of carbonyl (C=O) groups is 1. The minimum atomic E-state index is -0.853. The number of carbonyl (C=O) groups excluding carboxylic acids is 1. The molecular formula is C31H33F2N5O2. The molecule has 2 aliphatic heterocycles. The molecule has 4 aliphatic rings. The van der Waals surface area contributed by atoms with Crippen LogP contribution in [0.2, 0.25) is 0 Å². The lowest BCUT2D eigenvalue weighted by molar-refractivity contribution is -0.116. The predicted octanol–water partition coefficient (Wildman–Crippen LogP) is 4.76. The van der Waals surface area contributed by atoms with E-state index in [0.717, 1.165) is 31.4 Å². The highest BCUT2D eigenvalue weighted by molar-refractivity contribution is 5.93. The maximum absolute atomic E-state index is 15.7. The third-order valence-electron chi connectivity index (χ3n) is 9.16. The largest absolute Gasteiger partial charge is 0.461 e. The number of ether oxygens (including phenoxy) is 1. The van der Waals surface area contributed by atoms with Crippen LogP contribution in [-0.2, 0) is 11.2 Å². The molecule has 40 heavy (non-hydrogen) atoms. The molecule has 9 heteroatoms. The standard InChI is InChI=1S/C31H33F2N5O2/c1-2-27(39)34-8-9-35-29-24-13-25(33)23(21-6-3-5-18-11-19-12-22(19)28(18)21)14-26(24)36-30(37-29)40-17-31-7-4-10-38(31)16-20(32)15-31/h2-3,5-6,13-14,19-20,22H,1,4,7-12,15-17H2,(H,34,39)(H,35,36,37)/t19-,20+,22+,31-/m0/s1. The molecule has 3 heterocycles. The van der Waals surface area contributed by atoms with Gasteiger partial charge in [-0.05, 0) is 79.0 Å². The molecule has 0 bridgehead atoms. The zero-order valence-electron chi connectivity index (χ0n) is 22.4. The first-order chi connectivity index (χ1) is 19.4. The second-order valence-corrected chi connectivity index (χ2v) is 11.7. The van der Waals surface area contributed by atoms with E-state index in [2.05, 4.69) is 33.2 Å². The molecule has 7 nitrogen and oxygen atoms in total. The van der Waals surface area contributed by atoms with Crippen molar-refractivity contribution in [1.29, 1.82) is 0 Å². The van der Waals surface area contributed by atoms with E-state index >= 15 is 4.39 Å². The van der Waals surface area contributed by atoms with Crippen LogP contribution in [-0.4, -0.2) is 65.3 Å². The molecule has 4 atom stereocenters. The van der Waals surface area contributed by atoms with Crippen molar-refractivity contribution < 1.29 is 18.3 Å². The van der Waals surface area contributed by atoms with Crippen molar-refractivity contribution in [3.63, 3.8) is 0 Å². The molecular weight excluding hydrogens is 512 g/mol. The second kappa shape index (κ2) is 9.80. The molecule has 0 radical (unpaired) electrons. The van der Waals surface area contributed by atoms with Gasteiger partial charge in [0.1, 0.15) is 24.4 Å². The molecule has 2 aliphatic carbocycles. The Bertz CT molecular complexity index is 1510. The number of aromatic nitrogens is 2. The average Bonchev–Trinajstić information content (AvgIpc) is 3.27. The third-order valence-corrected chi connectivity index (χ3v) is 9.16. The molecule has 2 aromatic carbocycles. The zero-order chi connectivity index (χ0) is 27.4. The fourth-order valence-corrected chi connectivity index (χ4v) is 7.19. The van der Waals surface area contributed by atoms with Gasteiger partial charge in [0.2, 0.25) is 5.91 Å². The lowest BCUT2D eigenvalue weighted by Crippen LogP contribution is -2.43. The van der Waals surface area contributed by atoms with Crippen molar-refractivity contribution in [3.05, 3.63) is 59.9 Å². The first-order valence-corrected chi connectivity index (χ1v) is 14.2. The van der Waals surface area contributed by atoms with E-state index in [9.17, 15) is 9.18 Å². The summed E-state index contributed by atoms with van der Waals surface area (Å²) in [6.07, 6.45) is 4.95. The number of alkyl halides is 1. The highest BCUT2D eigenvalue weighted by atomic mass is 19.1. The van der Waals surface area contributed by atoms with Gasteiger partial charge in [-0.15, -0.1) is 0 Å². The van der Waals surface area contributed by atoms with Gasteiger partial charge in [-0.25, -0.2) is 8.78 Å². The highest BCUT2D eigenvalue weighted by Gasteiger charge is 2.49. The number of benzene rings is 2. The molecule has 2 saturated heterocycles. The summed E-state index contributed by atoms with van der Waals surface area (Å²) >= 11 is 0. The van der Waals surface area contributed by atoms with Gasteiger partial charge in [-0.1, -0.05) is 24.8 Å². The molecule has 3 fully saturated rings. The topological polar surface area (TPSA) is 79.4 Å². The number of hydrogen-bond donors (Lipinski definition) is 2. The zero-order valence-corrected chi connectivity index (χ0v) is 22.4. The first kappa shape index (κ1) is 25.4. The van der Waals surface area contributed by atoms with Gasteiger partial charge in [-0.3, -0.25) is 9.69 Å². The number of amides is 1.